The Bertz CT molecular complexity index is 1050. The van der Waals surface area contributed by atoms with Crippen molar-refractivity contribution in [2.75, 3.05) is 0 Å². The standard InChI is InChI=1S/C20H11N3/c1-22-17-10-6-7-14(13-21)20(17)23-18-11-4-2-8-15(18)16-9-3-5-12-19(16)23/h2-12H. The SMILES string of the molecule is [C-]#[N+]c1cccc(C#N)c1-n1c2ccccc2c2ccccc21. The lowest BCUT2D eigenvalue weighted by Crippen LogP contribution is -1.97. The molecule has 23 heavy (non-hydrogen) atoms. The van der Waals surface area contributed by atoms with Gasteiger partial charge in [0.2, 0.25) is 5.69 Å². The number of hydrogen-bond acceptors (Lipinski definition) is 1. The maximum absolute atomic E-state index is 9.52. The zero-order valence-electron chi connectivity index (χ0n) is 12.2. The molecule has 3 nitrogen and oxygen atoms in total. The molecule has 4 rings (SSSR count). The average molecular weight is 293 g/mol. The Kier molecular flexibility index (Phi) is 2.86. The minimum Gasteiger partial charge on any atom is -0.318 e. The van der Waals surface area contributed by atoms with Crippen molar-refractivity contribution in [2.45, 2.75) is 0 Å². The van der Waals surface area contributed by atoms with E-state index in [1.807, 2.05) is 41.0 Å². The van der Waals surface area contributed by atoms with Crippen molar-refractivity contribution in [1.29, 1.82) is 5.26 Å². The van der Waals surface area contributed by atoms with Gasteiger partial charge in [0.05, 0.1) is 34.9 Å². The van der Waals surface area contributed by atoms with Gasteiger partial charge in [-0.3, -0.25) is 0 Å². The van der Waals surface area contributed by atoms with Gasteiger partial charge >= 0.3 is 0 Å². The highest BCUT2D eigenvalue weighted by Gasteiger charge is 2.17. The molecule has 0 saturated carbocycles. The summed E-state index contributed by atoms with van der Waals surface area (Å²) in [6.07, 6.45) is 0. The molecule has 0 unspecified atom stereocenters. The predicted molar refractivity (Wildman–Crippen MR) is 91.8 cm³/mol. The first-order chi connectivity index (χ1) is 11.3. The smallest absolute Gasteiger partial charge is 0.211 e. The third-order valence-corrected chi connectivity index (χ3v) is 4.06. The summed E-state index contributed by atoms with van der Waals surface area (Å²) in [5.74, 6) is 0. The third-order valence-electron chi connectivity index (χ3n) is 4.06. The van der Waals surface area contributed by atoms with Crippen LogP contribution in [0.4, 0.5) is 5.69 Å². The molecule has 0 radical (unpaired) electrons. The van der Waals surface area contributed by atoms with Gasteiger partial charge in [0.15, 0.2) is 0 Å². The van der Waals surface area contributed by atoms with Crippen LogP contribution >= 0.6 is 0 Å². The number of fused-ring (bicyclic) bond motifs is 3. The predicted octanol–water partition coefficient (Wildman–Crippen LogP) is 5.21. The third kappa shape index (κ3) is 1.81. The van der Waals surface area contributed by atoms with E-state index in [-0.39, 0.29) is 0 Å². The second-order valence-electron chi connectivity index (χ2n) is 5.27. The topological polar surface area (TPSA) is 33.1 Å². The van der Waals surface area contributed by atoms with Gasteiger partial charge in [-0.1, -0.05) is 48.5 Å². The molecule has 1 aromatic heterocycles. The highest BCUT2D eigenvalue weighted by molar-refractivity contribution is 6.09. The molecule has 1 heterocycles. The molecule has 0 N–H and O–H groups in total. The number of nitriles is 1. The summed E-state index contributed by atoms with van der Waals surface area (Å²) in [6.45, 7) is 7.48. The van der Waals surface area contributed by atoms with Crippen LogP contribution < -0.4 is 0 Å². The summed E-state index contributed by atoms with van der Waals surface area (Å²) in [5, 5.41) is 11.7. The van der Waals surface area contributed by atoms with Crippen molar-refractivity contribution >= 4 is 27.5 Å². The van der Waals surface area contributed by atoms with E-state index in [2.05, 4.69) is 23.0 Å². The van der Waals surface area contributed by atoms with Crippen LogP contribution in [0.15, 0.2) is 66.7 Å². The fourth-order valence-corrected chi connectivity index (χ4v) is 3.11. The minimum atomic E-state index is 0.482. The quantitative estimate of drug-likeness (QED) is 0.444. The van der Waals surface area contributed by atoms with Gasteiger partial charge in [0, 0.05) is 10.8 Å². The molecule has 4 aromatic rings. The molecule has 0 atom stereocenters. The highest BCUT2D eigenvalue weighted by Crippen LogP contribution is 2.36. The largest absolute Gasteiger partial charge is 0.318 e. The van der Waals surface area contributed by atoms with E-state index in [1.165, 1.54) is 0 Å². The normalized spacial score (nSPS) is 10.5. The van der Waals surface area contributed by atoms with Crippen LogP contribution in [0.5, 0.6) is 0 Å². The molecule has 0 spiro atoms. The summed E-state index contributed by atoms with van der Waals surface area (Å²) < 4.78 is 2.02. The van der Waals surface area contributed by atoms with Crippen molar-refractivity contribution in [1.82, 2.24) is 4.57 Å². The van der Waals surface area contributed by atoms with E-state index in [0.717, 1.165) is 21.8 Å². The molecule has 0 aliphatic rings. The van der Waals surface area contributed by atoms with Gasteiger partial charge in [-0.25, -0.2) is 4.85 Å². The fourth-order valence-electron chi connectivity index (χ4n) is 3.11. The number of benzene rings is 3. The molecular weight excluding hydrogens is 282 g/mol. The first-order valence-corrected chi connectivity index (χ1v) is 7.24. The van der Waals surface area contributed by atoms with Crippen molar-refractivity contribution in [3.05, 3.63) is 83.7 Å². The molecule has 3 heteroatoms. The Hall–Kier alpha value is -3.56. The van der Waals surface area contributed by atoms with Gasteiger partial charge in [0.1, 0.15) is 0 Å². The van der Waals surface area contributed by atoms with Crippen LogP contribution in [0, 0.1) is 17.9 Å². The van der Waals surface area contributed by atoms with E-state index in [4.69, 9.17) is 6.57 Å². The molecule has 0 saturated heterocycles. The lowest BCUT2D eigenvalue weighted by atomic mass is 10.1. The van der Waals surface area contributed by atoms with E-state index < -0.39 is 0 Å². The number of hydrogen-bond donors (Lipinski definition) is 0. The van der Waals surface area contributed by atoms with Crippen LogP contribution in [-0.2, 0) is 0 Å². The van der Waals surface area contributed by atoms with Gasteiger partial charge < -0.3 is 4.57 Å². The van der Waals surface area contributed by atoms with Crippen molar-refractivity contribution in [2.24, 2.45) is 0 Å². The Labute approximate surface area is 133 Å². The molecular formula is C20H11N3. The number of nitrogens with zero attached hydrogens (tertiary/aromatic N) is 3. The summed E-state index contributed by atoms with van der Waals surface area (Å²) in [4.78, 5) is 3.63. The lowest BCUT2D eigenvalue weighted by Gasteiger charge is -2.11. The summed E-state index contributed by atoms with van der Waals surface area (Å²) in [6, 6.07) is 23.6. The van der Waals surface area contributed by atoms with Gasteiger partial charge in [-0.05, 0) is 18.2 Å². The van der Waals surface area contributed by atoms with E-state index >= 15 is 0 Å². The van der Waals surface area contributed by atoms with E-state index in [0.29, 0.717) is 16.9 Å². The number of para-hydroxylation sites is 3. The second-order valence-corrected chi connectivity index (χ2v) is 5.27. The Balaban J connectivity index is 2.28. The molecule has 0 fully saturated rings. The van der Waals surface area contributed by atoms with E-state index in [9.17, 15) is 5.26 Å². The summed E-state index contributed by atoms with van der Waals surface area (Å²) in [7, 11) is 0. The molecule has 0 amide bonds. The van der Waals surface area contributed by atoms with Gasteiger partial charge in [-0.2, -0.15) is 5.26 Å². The van der Waals surface area contributed by atoms with Gasteiger partial charge in [-0.15, -0.1) is 0 Å². The molecule has 0 aliphatic carbocycles. The Morgan fingerprint density at radius 2 is 1.43 bits per heavy atom. The second kappa shape index (κ2) is 5.02. The number of rotatable bonds is 1. The van der Waals surface area contributed by atoms with Crippen LogP contribution in [0.2, 0.25) is 0 Å². The molecule has 3 aromatic carbocycles. The molecule has 0 aliphatic heterocycles. The van der Waals surface area contributed by atoms with Crippen LogP contribution in [0.1, 0.15) is 5.56 Å². The van der Waals surface area contributed by atoms with Crippen LogP contribution in [-0.4, -0.2) is 4.57 Å². The first-order valence-electron chi connectivity index (χ1n) is 7.24. The van der Waals surface area contributed by atoms with Crippen molar-refractivity contribution in [3.63, 3.8) is 0 Å². The summed E-state index contributed by atoms with van der Waals surface area (Å²) >= 11 is 0. The van der Waals surface area contributed by atoms with Crippen LogP contribution in [0.3, 0.4) is 0 Å². The number of aromatic nitrogens is 1. The maximum Gasteiger partial charge on any atom is 0.211 e. The van der Waals surface area contributed by atoms with E-state index in [1.54, 1.807) is 18.2 Å². The van der Waals surface area contributed by atoms with Crippen LogP contribution in [0.25, 0.3) is 32.3 Å². The zero-order valence-corrected chi connectivity index (χ0v) is 12.2. The summed E-state index contributed by atoms with van der Waals surface area (Å²) in [5.41, 5.74) is 3.64. The fraction of sp³-hybridized carbons (Fsp3) is 0. The maximum atomic E-state index is 9.52. The van der Waals surface area contributed by atoms with Crippen molar-refractivity contribution in [3.8, 4) is 11.8 Å². The monoisotopic (exact) mass is 293 g/mol. The average Bonchev–Trinajstić information content (AvgIpc) is 2.95. The van der Waals surface area contributed by atoms with Crippen molar-refractivity contribution < 1.29 is 0 Å². The zero-order chi connectivity index (χ0) is 15.8. The Morgan fingerprint density at radius 3 is 2.00 bits per heavy atom. The highest BCUT2D eigenvalue weighted by atomic mass is 15.0. The molecule has 0 bridgehead atoms. The lowest BCUT2D eigenvalue weighted by molar-refractivity contribution is 1.17. The minimum absolute atomic E-state index is 0.482. The Morgan fingerprint density at radius 1 is 0.826 bits per heavy atom. The first kappa shape index (κ1) is 13.1. The van der Waals surface area contributed by atoms with Gasteiger partial charge in [0.25, 0.3) is 0 Å². The molecule has 106 valence electrons.